The molecule has 5 nitrogen and oxygen atoms in total. The highest BCUT2D eigenvalue weighted by atomic mass is 16.5. The highest BCUT2D eigenvalue weighted by Crippen LogP contribution is 2.28. The van der Waals surface area contributed by atoms with Crippen molar-refractivity contribution in [3.05, 3.63) is 29.6 Å². The Morgan fingerprint density at radius 2 is 2.16 bits per heavy atom. The Hall–Kier alpha value is -1.88. The summed E-state index contributed by atoms with van der Waals surface area (Å²) < 4.78 is 10.8. The quantitative estimate of drug-likeness (QED) is 0.856. The number of nitrogens with two attached hydrogens (primary N) is 1. The second kappa shape index (κ2) is 5.01. The number of nitrogen functional groups attached to an aromatic ring is 1. The fourth-order valence-corrected chi connectivity index (χ4v) is 1.72. The van der Waals surface area contributed by atoms with Crippen LogP contribution in [0.5, 0.6) is 0 Å². The van der Waals surface area contributed by atoms with Gasteiger partial charge >= 0.3 is 0 Å². The Morgan fingerprint density at radius 1 is 1.42 bits per heavy atom. The molecular weight excluding hydrogens is 242 g/mol. The second-order valence-electron chi connectivity index (χ2n) is 4.78. The van der Waals surface area contributed by atoms with E-state index in [1.165, 1.54) is 0 Å². The third-order valence-electron chi connectivity index (χ3n) is 3.55. The van der Waals surface area contributed by atoms with Crippen LogP contribution in [0, 0.1) is 6.92 Å². The lowest BCUT2D eigenvalue weighted by Crippen LogP contribution is -2.24. The number of rotatable bonds is 4. The van der Waals surface area contributed by atoms with Gasteiger partial charge in [-0.05, 0) is 38.0 Å². The first-order chi connectivity index (χ1) is 9.00. The third-order valence-corrected chi connectivity index (χ3v) is 3.55. The molecule has 1 aromatic heterocycles. The molecule has 0 aliphatic heterocycles. The summed E-state index contributed by atoms with van der Waals surface area (Å²) in [6.45, 7) is 5.91. The van der Waals surface area contributed by atoms with Crippen molar-refractivity contribution in [2.45, 2.75) is 32.8 Å². The largest absolute Gasteiger partial charge is 0.398 e. The average molecular weight is 261 g/mol. The Morgan fingerprint density at radius 3 is 2.74 bits per heavy atom. The summed E-state index contributed by atoms with van der Waals surface area (Å²) in [6.07, 6.45) is 0.762. The van der Waals surface area contributed by atoms with Crippen LogP contribution in [0.25, 0.3) is 11.5 Å². The van der Waals surface area contributed by atoms with Crippen LogP contribution in [0.4, 0.5) is 5.69 Å². The van der Waals surface area contributed by atoms with E-state index < -0.39 is 5.60 Å². The van der Waals surface area contributed by atoms with E-state index >= 15 is 0 Å². The molecule has 1 aromatic carbocycles. The molecule has 102 valence electrons. The van der Waals surface area contributed by atoms with Gasteiger partial charge in [0.15, 0.2) is 0 Å². The maximum atomic E-state index is 5.89. The first kappa shape index (κ1) is 13.5. The van der Waals surface area contributed by atoms with Gasteiger partial charge in [0.05, 0.1) is 0 Å². The molecule has 0 saturated carbocycles. The first-order valence-corrected chi connectivity index (χ1v) is 6.26. The fourth-order valence-electron chi connectivity index (χ4n) is 1.72. The number of aryl methyl sites for hydroxylation is 1. The molecule has 0 aliphatic carbocycles. The van der Waals surface area contributed by atoms with Crippen molar-refractivity contribution in [1.82, 2.24) is 10.1 Å². The minimum absolute atomic E-state index is 0.457. The molecule has 19 heavy (non-hydrogen) atoms. The third kappa shape index (κ3) is 2.46. The highest BCUT2D eigenvalue weighted by molar-refractivity contribution is 5.62. The van der Waals surface area contributed by atoms with Gasteiger partial charge in [0, 0.05) is 18.4 Å². The summed E-state index contributed by atoms with van der Waals surface area (Å²) in [5.41, 5.74) is 7.91. The Kier molecular flexibility index (Phi) is 3.57. The molecule has 0 fully saturated rings. The van der Waals surface area contributed by atoms with Crippen molar-refractivity contribution in [2.24, 2.45) is 0 Å². The molecule has 0 radical (unpaired) electrons. The molecule has 2 N–H and O–H groups in total. The van der Waals surface area contributed by atoms with Crippen LogP contribution in [0.3, 0.4) is 0 Å². The lowest BCUT2D eigenvalue weighted by molar-refractivity contribution is -0.0106. The maximum Gasteiger partial charge on any atom is 0.258 e. The number of ether oxygens (including phenoxy) is 1. The topological polar surface area (TPSA) is 74.2 Å². The molecule has 2 aromatic rings. The molecule has 0 spiro atoms. The lowest BCUT2D eigenvalue weighted by Gasteiger charge is -2.21. The van der Waals surface area contributed by atoms with Gasteiger partial charge < -0.3 is 15.0 Å². The molecule has 0 aliphatic rings. The number of methoxy groups -OCH3 is 1. The second-order valence-corrected chi connectivity index (χ2v) is 4.78. The van der Waals surface area contributed by atoms with E-state index in [2.05, 4.69) is 10.1 Å². The zero-order valence-electron chi connectivity index (χ0n) is 11.7. The summed E-state index contributed by atoms with van der Waals surface area (Å²) in [5, 5.41) is 4.01. The molecule has 1 heterocycles. The van der Waals surface area contributed by atoms with Crippen LogP contribution in [0.15, 0.2) is 22.7 Å². The van der Waals surface area contributed by atoms with E-state index in [1.807, 2.05) is 39.0 Å². The number of hydrogen-bond acceptors (Lipinski definition) is 5. The number of anilines is 1. The Bertz CT molecular complexity index is 574. The molecule has 1 atom stereocenters. The predicted molar refractivity (Wildman–Crippen MR) is 73.5 cm³/mol. The number of aromatic nitrogens is 2. The molecule has 2 rings (SSSR count). The summed E-state index contributed by atoms with van der Waals surface area (Å²) in [4.78, 5) is 4.41. The van der Waals surface area contributed by atoms with Crippen molar-refractivity contribution in [3.63, 3.8) is 0 Å². The van der Waals surface area contributed by atoms with Crippen molar-refractivity contribution in [1.29, 1.82) is 0 Å². The van der Waals surface area contributed by atoms with E-state index in [-0.39, 0.29) is 0 Å². The zero-order valence-corrected chi connectivity index (χ0v) is 11.7. The van der Waals surface area contributed by atoms with Gasteiger partial charge in [-0.1, -0.05) is 18.1 Å². The van der Waals surface area contributed by atoms with Crippen LogP contribution >= 0.6 is 0 Å². The molecule has 0 saturated heterocycles. The fraction of sp³-hybridized carbons (Fsp3) is 0.429. The predicted octanol–water partition coefficient (Wildman–Crippen LogP) is 2.90. The molecular formula is C14H19N3O2. The van der Waals surface area contributed by atoms with E-state index in [0.29, 0.717) is 17.4 Å². The van der Waals surface area contributed by atoms with Gasteiger partial charge in [0.25, 0.3) is 5.89 Å². The van der Waals surface area contributed by atoms with Gasteiger partial charge in [-0.15, -0.1) is 0 Å². The van der Waals surface area contributed by atoms with Crippen LogP contribution in [-0.2, 0) is 10.3 Å². The standard InChI is InChI=1S/C14H19N3O2/c1-5-14(3,18-4)13-16-12(19-17-13)10-7-6-9(2)11(15)8-10/h6-8H,5,15H2,1-4H3. The van der Waals surface area contributed by atoms with Crippen LogP contribution in [-0.4, -0.2) is 17.3 Å². The maximum absolute atomic E-state index is 5.89. The molecule has 1 unspecified atom stereocenters. The average Bonchev–Trinajstić information content (AvgIpc) is 2.91. The first-order valence-electron chi connectivity index (χ1n) is 6.26. The van der Waals surface area contributed by atoms with Crippen molar-refractivity contribution in [3.8, 4) is 11.5 Å². The minimum Gasteiger partial charge on any atom is -0.398 e. The van der Waals surface area contributed by atoms with Crippen molar-refractivity contribution in [2.75, 3.05) is 12.8 Å². The number of hydrogen-bond donors (Lipinski definition) is 1. The number of nitrogens with zero attached hydrogens (tertiary/aromatic N) is 2. The monoisotopic (exact) mass is 261 g/mol. The molecule has 0 amide bonds. The van der Waals surface area contributed by atoms with E-state index in [0.717, 1.165) is 17.5 Å². The normalized spacial score (nSPS) is 14.3. The smallest absolute Gasteiger partial charge is 0.258 e. The van der Waals surface area contributed by atoms with Crippen LogP contribution in [0.2, 0.25) is 0 Å². The van der Waals surface area contributed by atoms with Gasteiger partial charge in [0.2, 0.25) is 5.82 Å². The summed E-state index contributed by atoms with van der Waals surface area (Å²) in [7, 11) is 1.64. The number of benzene rings is 1. The van der Waals surface area contributed by atoms with Gasteiger partial charge in [-0.2, -0.15) is 4.98 Å². The highest BCUT2D eigenvalue weighted by Gasteiger charge is 2.30. The van der Waals surface area contributed by atoms with Crippen molar-refractivity contribution >= 4 is 5.69 Å². The van der Waals surface area contributed by atoms with E-state index in [1.54, 1.807) is 7.11 Å². The summed E-state index contributed by atoms with van der Waals surface area (Å²) in [6, 6.07) is 5.69. The summed E-state index contributed by atoms with van der Waals surface area (Å²) >= 11 is 0. The van der Waals surface area contributed by atoms with E-state index in [9.17, 15) is 0 Å². The van der Waals surface area contributed by atoms with Gasteiger partial charge in [-0.25, -0.2) is 0 Å². The van der Waals surface area contributed by atoms with Gasteiger partial charge in [-0.3, -0.25) is 0 Å². The zero-order chi connectivity index (χ0) is 14.0. The molecule has 0 bridgehead atoms. The van der Waals surface area contributed by atoms with Gasteiger partial charge in [0.1, 0.15) is 5.60 Å². The van der Waals surface area contributed by atoms with E-state index in [4.69, 9.17) is 15.0 Å². The Labute approximate surface area is 112 Å². The molecule has 5 heteroatoms. The minimum atomic E-state index is -0.530. The van der Waals surface area contributed by atoms with Crippen molar-refractivity contribution < 1.29 is 9.26 Å². The van der Waals surface area contributed by atoms with Crippen LogP contribution in [0.1, 0.15) is 31.7 Å². The SMILES string of the molecule is CCC(C)(OC)c1noc(-c2ccc(C)c(N)c2)n1. The lowest BCUT2D eigenvalue weighted by atomic mass is 10.0. The summed E-state index contributed by atoms with van der Waals surface area (Å²) in [5.74, 6) is 1.00. The van der Waals surface area contributed by atoms with Crippen LogP contribution < -0.4 is 5.73 Å². The Balaban J connectivity index is 2.38.